The van der Waals surface area contributed by atoms with Crippen LogP contribution in [0.1, 0.15) is 13.8 Å². The van der Waals surface area contributed by atoms with Gasteiger partial charge < -0.3 is 0 Å². The smallest absolute Gasteiger partial charge is 0.280 e. The second-order valence-electron chi connectivity index (χ2n) is 2.67. The molecule has 1 aliphatic heterocycles. The molecule has 5 heteroatoms. The molecule has 0 fully saturated rings. The predicted octanol–water partition coefficient (Wildman–Crippen LogP) is 0.483. The van der Waals surface area contributed by atoms with Gasteiger partial charge in [0, 0.05) is 6.04 Å². The highest BCUT2D eigenvalue weighted by molar-refractivity contribution is 8.13. The van der Waals surface area contributed by atoms with E-state index in [-0.39, 0.29) is 6.04 Å². The van der Waals surface area contributed by atoms with Crippen LogP contribution < -0.4 is 0 Å². The fourth-order valence-electron chi connectivity index (χ4n) is 0.978. The van der Waals surface area contributed by atoms with Gasteiger partial charge in [0.25, 0.3) is 0 Å². The second-order valence-corrected chi connectivity index (χ2v) is 3.45. The topological polar surface area (TPSA) is 49.7 Å². The van der Waals surface area contributed by atoms with Crippen LogP contribution in [0.5, 0.6) is 0 Å². The summed E-state index contributed by atoms with van der Waals surface area (Å²) in [7, 11) is 0. The maximum atomic E-state index is 11.2. The number of carbonyl (C=O) groups excluding carboxylic acids is 2. The van der Waals surface area contributed by atoms with Crippen LogP contribution in [0, 0.1) is 0 Å². The fraction of sp³-hybridized carbons (Fsp3) is 0.571. The van der Waals surface area contributed by atoms with Gasteiger partial charge in [-0.05, 0) is 20.1 Å². The lowest BCUT2D eigenvalue weighted by Gasteiger charge is -2.19. The van der Waals surface area contributed by atoms with Crippen molar-refractivity contribution in [2.45, 2.75) is 19.9 Å². The molecule has 0 radical (unpaired) electrons. The molecule has 1 heterocycles. The zero-order chi connectivity index (χ0) is 9.30. The highest BCUT2D eigenvalue weighted by Gasteiger charge is 2.34. The minimum absolute atomic E-state index is 0.00449. The molecule has 12 heavy (non-hydrogen) atoms. The lowest BCUT2D eigenvalue weighted by molar-refractivity contribution is -0.140. The summed E-state index contributed by atoms with van der Waals surface area (Å²) in [6.45, 7) is 3.70. The predicted molar refractivity (Wildman–Crippen MR) is 47.9 cm³/mol. The Balaban J connectivity index is 2.93. The lowest BCUT2D eigenvalue weighted by atomic mass is 10.3. The monoisotopic (exact) mass is 186 g/mol. The molecule has 0 bridgehead atoms. The van der Waals surface area contributed by atoms with Crippen LogP contribution in [-0.4, -0.2) is 34.2 Å². The molecule has 0 aromatic rings. The van der Waals surface area contributed by atoms with Gasteiger partial charge >= 0.3 is 11.8 Å². The third-order valence-electron chi connectivity index (χ3n) is 1.50. The van der Waals surface area contributed by atoms with Crippen molar-refractivity contribution in [1.29, 1.82) is 0 Å². The molecule has 0 unspecified atom stereocenters. The molecule has 66 valence electrons. The van der Waals surface area contributed by atoms with Crippen molar-refractivity contribution >= 4 is 28.7 Å². The standard InChI is InChI=1S/C7H10N2O2S/c1-4(2)9-6(11)5(10)8-7(9)12-3/h4H,1-3H3. The molecule has 0 saturated heterocycles. The summed E-state index contributed by atoms with van der Waals surface area (Å²) in [5.74, 6) is -1.18. The fourth-order valence-corrected chi connectivity index (χ4v) is 1.64. The van der Waals surface area contributed by atoms with Crippen LogP contribution in [0.2, 0.25) is 0 Å². The largest absolute Gasteiger partial charge is 0.338 e. The minimum Gasteiger partial charge on any atom is -0.280 e. The highest BCUT2D eigenvalue weighted by Crippen LogP contribution is 2.16. The molecule has 2 amide bonds. The summed E-state index contributed by atoms with van der Waals surface area (Å²) < 4.78 is 0. The first kappa shape index (κ1) is 9.25. The number of amidine groups is 1. The van der Waals surface area contributed by atoms with Gasteiger partial charge in [-0.25, -0.2) is 0 Å². The zero-order valence-electron chi connectivity index (χ0n) is 7.20. The first-order valence-electron chi connectivity index (χ1n) is 3.58. The van der Waals surface area contributed by atoms with Gasteiger partial charge in [-0.3, -0.25) is 14.5 Å². The third-order valence-corrected chi connectivity index (χ3v) is 2.16. The molecule has 0 aromatic heterocycles. The van der Waals surface area contributed by atoms with Gasteiger partial charge in [-0.2, -0.15) is 4.99 Å². The highest BCUT2D eigenvalue weighted by atomic mass is 32.2. The van der Waals surface area contributed by atoms with E-state index in [1.54, 1.807) is 6.26 Å². The maximum Gasteiger partial charge on any atom is 0.338 e. The number of amides is 2. The van der Waals surface area contributed by atoms with Crippen LogP contribution in [-0.2, 0) is 9.59 Å². The first-order valence-corrected chi connectivity index (χ1v) is 4.80. The second kappa shape index (κ2) is 3.26. The van der Waals surface area contributed by atoms with Crippen molar-refractivity contribution < 1.29 is 9.59 Å². The van der Waals surface area contributed by atoms with E-state index in [1.807, 2.05) is 13.8 Å². The Hall–Kier alpha value is -0.840. The maximum absolute atomic E-state index is 11.2. The van der Waals surface area contributed by atoms with E-state index in [2.05, 4.69) is 4.99 Å². The molecule has 0 atom stereocenters. The Morgan fingerprint density at radius 2 is 2.00 bits per heavy atom. The van der Waals surface area contributed by atoms with Crippen molar-refractivity contribution in [2.24, 2.45) is 4.99 Å². The molecule has 1 rings (SSSR count). The van der Waals surface area contributed by atoms with Crippen LogP contribution in [0.3, 0.4) is 0 Å². The van der Waals surface area contributed by atoms with Gasteiger partial charge in [0.2, 0.25) is 0 Å². The van der Waals surface area contributed by atoms with Crippen molar-refractivity contribution in [3.05, 3.63) is 0 Å². The van der Waals surface area contributed by atoms with Gasteiger partial charge in [0.05, 0.1) is 0 Å². The van der Waals surface area contributed by atoms with Crippen molar-refractivity contribution in [3.63, 3.8) is 0 Å². The minimum atomic E-state index is -0.659. The average molecular weight is 186 g/mol. The summed E-state index contributed by atoms with van der Waals surface area (Å²) in [5, 5.41) is 0.500. The molecule has 4 nitrogen and oxygen atoms in total. The van der Waals surface area contributed by atoms with Crippen molar-refractivity contribution in [3.8, 4) is 0 Å². The van der Waals surface area contributed by atoms with E-state index in [4.69, 9.17) is 0 Å². The number of aliphatic imine (C=N–C) groups is 1. The van der Waals surface area contributed by atoms with Crippen molar-refractivity contribution in [1.82, 2.24) is 4.90 Å². The molecule has 0 saturated carbocycles. The zero-order valence-corrected chi connectivity index (χ0v) is 8.01. The molecule has 0 N–H and O–H groups in total. The van der Waals surface area contributed by atoms with Gasteiger partial charge in [0.15, 0.2) is 5.17 Å². The lowest BCUT2D eigenvalue weighted by Crippen LogP contribution is -2.38. The van der Waals surface area contributed by atoms with Gasteiger partial charge in [-0.1, -0.05) is 11.8 Å². The molecular weight excluding hydrogens is 176 g/mol. The normalized spacial score (nSPS) is 17.7. The average Bonchev–Trinajstić information content (AvgIpc) is 2.28. The summed E-state index contributed by atoms with van der Waals surface area (Å²) in [5.41, 5.74) is 0. The van der Waals surface area contributed by atoms with Crippen LogP contribution in [0.25, 0.3) is 0 Å². The summed E-state index contributed by atoms with van der Waals surface area (Å²) in [6.07, 6.45) is 1.79. The summed E-state index contributed by atoms with van der Waals surface area (Å²) in [6, 6.07) is -0.00449. The Labute approximate surface area is 75.0 Å². The SMILES string of the molecule is CSC1=NC(=O)C(=O)N1C(C)C. The van der Waals surface area contributed by atoms with Crippen LogP contribution >= 0.6 is 11.8 Å². The number of carbonyl (C=O) groups is 2. The van der Waals surface area contributed by atoms with Crippen molar-refractivity contribution in [2.75, 3.05) is 6.26 Å². The van der Waals surface area contributed by atoms with E-state index < -0.39 is 11.8 Å². The Morgan fingerprint density at radius 3 is 2.33 bits per heavy atom. The molecule has 1 aliphatic rings. The van der Waals surface area contributed by atoms with Gasteiger partial charge in [0.1, 0.15) is 0 Å². The number of hydrogen-bond donors (Lipinski definition) is 0. The molecule has 0 aliphatic carbocycles. The number of hydrogen-bond acceptors (Lipinski definition) is 3. The first-order chi connectivity index (χ1) is 5.57. The van der Waals surface area contributed by atoms with Crippen LogP contribution in [0.15, 0.2) is 4.99 Å². The number of nitrogens with zero attached hydrogens (tertiary/aromatic N) is 2. The van der Waals surface area contributed by atoms with E-state index in [0.717, 1.165) is 0 Å². The van der Waals surface area contributed by atoms with E-state index in [0.29, 0.717) is 5.17 Å². The summed E-state index contributed by atoms with van der Waals surface area (Å²) in [4.78, 5) is 27.0. The third kappa shape index (κ3) is 1.36. The van der Waals surface area contributed by atoms with E-state index >= 15 is 0 Å². The molecular formula is C7H10N2O2S. The van der Waals surface area contributed by atoms with E-state index in [1.165, 1.54) is 16.7 Å². The number of thioether (sulfide) groups is 1. The Morgan fingerprint density at radius 1 is 1.42 bits per heavy atom. The van der Waals surface area contributed by atoms with Gasteiger partial charge in [-0.15, -0.1) is 0 Å². The molecule has 0 aromatic carbocycles. The van der Waals surface area contributed by atoms with E-state index in [9.17, 15) is 9.59 Å². The Bertz CT molecular complexity index is 260. The Kier molecular flexibility index (Phi) is 2.52. The quantitative estimate of drug-likeness (QED) is 0.560. The number of rotatable bonds is 1. The van der Waals surface area contributed by atoms with Crippen LogP contribution in [0.4, 0.5) is 0 Å². The molecule has 0 spiro atoms. The summed E-state index contributed by atoms with van der Waals surface area (Å²) >= 11 is 1.31.